The van der Waals surface area contributed by atoms with Crippen LogP contribution >= 0.6 is 0 Å². The van der Waals surface area contributed by atoms with Crippen molar-refractivity contribution in [2.24, 2.45) is 0 Å². The Balaban J connectivity index is 2.13. The quantitative estimate of drug-likeness (QED) is 0.860. The van der Waals surface area contributed by atoms with E-state index in [2.05, 4.69) is 0 Å². The van der Waals surface area contributed by atoms with Crippen LogP contribution in [0.2, 0.25) is 0 Å². The van der Waals surface area contributed by atoms with Crippen LogP contribution in [-0.4, -0.2) is 24.8 Å². The van der Waals surface area contributed by atoms with Crippen LogP contribution in [0.1, 0.15) is 11.5 Å². The summed E-state index contributed by atoms with van der Waals surface area (Å²) < 4.78 is 23.3. The first kappa shape index (κ1) is 14.8. The number of ether oxygens (including phenoxy) is 2. The van der Waals surface area contributed by atoms with Crippen LogP contribution in [-0.2, 0) is 9.53 Å². The highest BCUT2D eigenvalue weighted by Crippen LogP contribution is 2.22. The zero-order valence-corrected chi connectivity index (χ0v) is 11.5. The number of carbonyl (C=O) groups excluding carboxylic acids is 1. The van der Waals surface area contributed by atoms with Crippen molar-refractivity contribution >= 4 is 5.97 Å². The molecule has 1 N–H and O–H groups in total. The number of hydrogen-bond acceptors (Lipinski definition) is 4. The Morgan fingerprint density at radius 3 is 2.57 bits per heavy atom. The summed E-state index contributed by atoms with van der Waals surface area (Å²) in [6, 6.07) is 11.9. The Kier molecular flexibility index (Phi) is 4.77. The van der Waals surface area contributed by atoms with E-state index < -0.39 is 17.7 Å². The van der Waals surface area contributed by atoms with Crippen LogP contribution in [0.4, 0.5) is 4.39 Å². The lowest BCUT2D eigenvalue weighted by Crippen LogP contribution is -2.21. The van der Waals surface area contributed by atoms with Crippen molar-refractivity contribution in [2.45, 2.75) is 5.92 Å². The second-order valence-electron chi connectivity index (χ2n) is 4.44. The highest BCUT2D eigenvalue weighted by molar-refractivity contribution is 5.78. The van der Waals surface area contributed by atoms with Crippen molar-refractivity contribution in [3.05, 3.63) is 59.9 Å². The molecule has 4 nitrogen and oxygen atoms in total. The Bertz CT molecular complexity index is 610. The molecule has 0 aliphatic rings. The topological polar surface area (TPSA) is 55.8 Å². The van der Waals surface area contributed by atoms with Gasteiger partial charge in [0.1, 0.15) is 29.8 Å². The average Bonchev–Trinajstić information content (AvgIpc) is 2.49. The molecule has 0 heterocycles. The number of carbonyl (C=O) groups is 1. The minimum atomic E-state index is -0.654. The molecule has 0 radical (unpaired) electrons. The van der Waals surface area contributed by atoms with Crippen LogP contribution in [0.5, 0.6) is 11.5 Å². The maximum absolute atomic E-state index is 13.1. The highest BCUT2D eigenvalue weighted by Gasteiger charge is 2.22. The summed E-state index contributed by atoms with van der Waals surface area (Å²) in [5.74, 6) is -1.08. The van der Waals surface area contributed by atoms with Crippen molar-refractivity contribution in [1.29, 1.82) is 0 Å². The van der Waals surface area contributed by atoms with Crippen molar-refractivity contribution in [3.8, 4) is 11.5 Å². The van der Waals surface area contributed by atoms with Gasteiger partial charge in [-0.3, -0.25) is 4.79 Å². The van der Waals surface area contributed by atoms with Gasteiger partial charge in [-0.2, -0.15) is 0 Å². The van der Waals surface area contributed by atoms with Gasteiger partial charge in [-0.15, -0.1) is 0 Å². The summed E-state index contributed by atoms with van der Waals surface area (Å²) >= 11 is 0. The van der Waals surface area contributed by atoms with E-state index in [9.17, 15) is 14.3 Å². The number of methoxy groups -OCH3 is 1. The Hall–Kier alpha value is -2.56. The molecule has 1 unspecified atom stereocenters. The van der Waals surface area contributed by atoms with Gasteiger partial charge in [0, 0.05) is 6.07 Å². The first-order valence-corrected chi connectivity index (χ1v) is 6.35. The van der Waals surface area contributed by atoms with E-state index in [4.69, 9.17) is 9.47 Å². The van der Waals surface area contributed by atoms with E-state index in [1.165, 1.54) is 37.4 Å². The number of esters is 1. The lowest BCUT2D eigenvalue weighted by atomic mass is 10.00. The minimum absolute atomic E-state index is 0.0148. The molecule has 2 aromatic rings. The Labute approximate surface area is 121 Å². The van der Waals surface area contributed by atoms with Crippen molar-refractivity contribution in [2.75, 3.05) is 13.7 Å². The van der Waals surface area contributed by atoms with Gasteiger partial charge in [0.2, 0.25) is 0 Å². The van der Waals surface area contributed by atoms with Crippen LogP contribution in [0, 0.1) is 5.82 Å². The van der Waals surface area contributed by atoms with E-state index in [-0.39, 0.29) is 12.4 Å². The van der Waals surface area contributed by atoms with Gasteiger partial charge in [0.25, 0.3) is 0 Å². The normalized spacial score (nSPS) is 11.7. The number of phenolic OH excluding ortho intramolecular Hbond substituents is 1. The summed E-state index contributed by atoms with van der Waals surface area (Å²) in [5.41, 5.74) is 0.649. The number of benzene rings is 2. The van der Waals surface area contributed by atoms with Gasteiger partial charge >= 0.3 is 5.97 Å². The number of aromatic hydroxyl groups is 1. The van der Waals surface area contributed by atoms with Crippen molar-refractivity contribution < 1.29 is 23.8 Å². The van der Waals surface area contributed by atoms with Crippen LogP contribution in [0.25, 0.3) is 0 Å². The van der Waals surface area contributed by atoms with Gasteiger partial charge < -0.3 is 14.6 Å². The van der Waals surface area contributed by atoms with Crippen molar-refractivity contribution in [1.82, 2.24) is 0 Å². The molecular formula is C16H15FO4. The van der Waals surface area contributed by atoms with Gasteiger partial charge in [0.15, 0.2) is 0 Å². The summed E-state index contributed by atoms with van der Waals surface area (Å²) in [4.78, 5) is 11.8. The van der Waals surface area contributed by atoms with Crippen molar-refractivity contribution in [3.63, 3.8) is 0 Å². The molecule has 1 atom stereocenters. The SMILES string of the molecule is COC(=O)C(COc1cccc(F)c1)c1ccc(O)cc1. The molecule has 0 amide bonds. The number of halogens is 1. The highest BCUT2D eigenvalue weighted by atomic mass is 19.1. The zero-order valence-electron chi connectivity index (χ0n) is 11.5. The molecule has 0 aromatic heterocycles. The molecule has 0 aliphatic carbocycles. The standard InChI is InChI=1S/C16H15FO4/c1-20-16(19)15(11-5-7-13(18)8-6-11)10-21-14-4-2-3-12(17)9-14/h2-9,15,18H,10H2,1H3. The molecule has 21 heavy (non-hydrogen) atoms. The lowest BCUT2D eigenvalue weighted by Gasteiger charge is -2.16. The molecule has 0 fully saturated rings. The Morgan fingerprint density at radius 1 is 1.24 bits per heavy atom. The van der Waals surface area contributed by atoms with Crippen LogP contribution in [0.15, 0.2) is 48.5 Å². The maximum atomic E-state index is 13.1. The summed E-state index contributed by atoms with van der Waals surface area (Å²) in [6.07, 6.45) is 0. The number of hydrogen-bond donors (Lipinski definition) is 1. The fourth-order valence-electron chi connectivity index (χ4n) is 1.89. The fourth-order valence-corrected chi connectivity index (χ4v) is 1.89. The zero-order chi connectivity index (χ0) is 15.2. The molecule has 5 heteroatoms. The van der Waals surface area contributed by atoms with Gasteiger partial charge in [0.05, 0.1) is 7.11 Å². The second-order valence-corrected chi connectivity index (χ2v) is 4.44. The predicted octanol–water partition coefficient (Wildman–Crippen LogP) is 2.87. The average molecular weight is 290 g/mol. The third kappa shape index (κ3) is 3.95. The van der Waals surface area contributed by atoms with Gasteiger partial charge in [-0.1, -0.05) is 18.2 Å². The summed E-state index contributed by atoms with van der Waals surface area (Å²) in [6.45, 7) is 0.0148. The largest absolute Gasteiger partial charge is 0.508 e. The molecule has 2 aromatic carbocycles. The molecule has 0 saturated heterocycles. The van der Waals surface area contributed by atoms with Gasteiger partial charge in [-0.25, -0.2) is 4.39 Å². The predicted molar refractivity (Wildman–Crippen MR) is 74.8 cm³/mol. The first-order valence-electron chi connectivity index (χ1n) is 6.35. The molecule has 0 spiro atoms. The first-order chi connectivity index (χ1) is 10.1. The van der Waals surface area contributed by atoms with E-state index in [1.54, 1.807) is 18.2 Å². The molecule has 110 valence electrons. The van der Waals surface area contributed by atoms with E-state index in [0.29, 0.717) is 11.3 Å². The maximum Gasteiger partial charge on any atom is 0.316 e. The monoisotopic (exact) mass is 290 g/mol. The Morgan fingerprint density at radius 2 is 1.95 bits per heavy atom. The molecule has 0 bridgehead atoms. The molecule has 0 saturated carbocycles. The fraction of sp³-hybridized carbons (Fsp3) is 0.188. The van der Waals surface area contributed by atoms with E-state index in [0.717, 1.165) is 0 Å². The third-order valence-corrected chi connectivity index (χ3v) is 2.99. The van der Waals surface area contributed by atoms with E-state index in [1.807, 2.05) is 0 Å². The van der Waals surface area contributed by atoms with Crippen LogP contribution in [0.3, 0.4) is 0 Å². The molecular weight excluding hydrogens is 275 g/mol. The number of phenols is 1. The van der Waals surface area contributed by atoms with Crippen LogP contribution < -0.4 is 4.74 Å². The second kappa shape index (κ2) is 6.74. The minimum Gasteiger partial charge on any atom is -0.508 e. The molecule has 2 rings (SSSR count). The molecule has 0 aliphatic heterocycles. The lowest BCUT2D eigenvalue weighted by molar-refractivity contribution is -0.143. The van der Waals surface area contributed by atoms with Gasteiger partial charge in [-0.05, 0) is 29.8 Å². The number of rotatable bonds is 5. The summed E-state index contributed by atoms with van der Waals surface area (Å²) in [7, 11) is 1.29. The third-order valence-electron chi connectivity index (χ3n) is 2.99. The summed E-state index contributed by atoms with van der Waals surface area (Å²) in [5, 5.41) is 9.28. The van der Waals surface area contributed by atoms with E-state index >= 15 is 0 Å². The smallest absolute Gasteiger partial charge is 0.316 e.